The van der Waals surface area contributed by atoms with Crippen molar-refractivity contribution in [3.63, 3.8) is 0 Å². The number of rotatable bonds is 16. The first-order valence-electron chi connectivity index (χ1n) is 16.2. The number of nitrogens with zero attached hydrogens (tertiary/aromatic N) is 1. The SMILES string of the molecule is CC/C=C\C=C/C/C=C(\CCN(CC(C)C)C(=O)OC(C)(C)C)NC(=O)[C@@H](NC(=O)CNCC1=CCCC=C1)C(C)(C)C.CO. The summed E-state index contributed by atoms with van der Waals surface area (Å²) in [6.07, 6.45) is 20.1. The van der Waals surface area contributed by atoms with E-state index in [-0.39, 0.29) is 30.4 Å². The minimum atomic E-state index is -0.750. The van der Waals surface area contributed by atoms with E-state index in [0.29, 0.717) is 38.2 Å². The summed E-state index contributed by atoms with van der Waals surface area (Å²) in [5.74, 6) is -0.269. The van der Waals surface area contributed by atoms with E-state index in [0.717, 1.165) is 31.9 Å². The predicted molar refractivity (Wildman–Crippen MR) is 186 cm³/mol. The normalized spacial score (nSPS) is 14.6. The summed E-state index contributed by atoms with van der Waals surface area (Å²) in [4.78, 5) is 41.1. The van der Waals surface area contributed by atoms with Gasteiger partial charge in [-0.2, -0.15) is 0 Å². The number of amides is 3. The number of aliphatic hydroxyl groups is 1. The summed E-state index contributed by atoms with van der Waals surface area (Å²) in [6.45, 7) is 19.2. The minimum Gasteiger partial charge on any atom is -0.444 e. The summed E-state index contributed by atoms with van der Waals surface area (Å²) in [6, 6.07) is -0.750. The standard InChI is InChI=1S/C35H58N4O4.CH4O/c1-10-11-12-13-14-18-21-29(22-23-39(26-27(2)3)33(42)43-35(7,8)9)37-32(41)31(34(4,5)6)38-30(40)25-36-24-28-19-16-15-17-20-28;1-2/h11-14,16,19-21,27,31,36H,10,15,17-18,22-26H2,1-9H3,(H,37,41)(H,38,40);2H,1H3/b12-11-,14-13-,29-21+;/t31-;/m1./s1. The van der Waals surface area contributed by atoms with Gasteiger partial charge in [0, 0.05) is 38.9 Å². The number of nitrogens with one attached hydrogen (secondary N) is 3. The van der Waals surface area contributed by atoms with Gasteiger partial charge in [-0.3, -0.25) is 9.59 Å². The first-order chi connectivity index (χ1) is 21.1. The number of aliphatic hydroxyl groups excluding tert-OH is 1. The van der Waals surface area contributed by atoms with Crippen LogP contribution in [0.2, 0.25) is 0 Å². The Hall–Kier alpha value is -3.17. The highest BCUT2D eigenvalue weighted by Crippen LogP contribution is 2.20. The Morgan fingerprint density at radius 2 is 1.71 bits per heavy atom. The highest BCUT2D eigenvalue weighted by atomic mass is 16.6. The molecule has 1 rings (SSSR count). The molecule has 0 fully saturated rings. The van der Waals surface area contributed by atoms with Crippen molar-refractivity contribution in [2.45, 2.75) is 106 Å². The molecular weight excluding hydrogens is 568 g/mol. The van der Waals surface area contributed by atoms with Crippen molar-refractivity contribution >= 4 is 17.9 Å². The Morgan fingerprint density at radius 3 is 2.27 bits per heavy atom. The van der Waals surface area contributed by atoms with Crippen molar-refractivity contribution in [1.82, 2.24) is 20.9 Å². The molecule has 0 aromatic carbocycles. The molecular formula is C36H62N4O5. The van der Waals surface area contributed by atoms with Gasteiger partial charge >= 0.3 is 6.09 Å². The van der Waals surface area contributed by atoms with Crippen molar-refractivity contribution in [2.75, 3.05) is 33.3 Å². The average molecular weight is 631 g/mol. The minimum absolute atomic E-state index is 0.115. The molecule has 0 aromatic heterocycles. The van der Waals surface area contributed by atoms with Crippen molar-refractivity contribution in [3.05, 3.63) is 59.9 Å². The van der Waals surface area contributed by atoms with Crippen LogP contribution in [0, 0.1) is 11.3 Å². The van der Waals surface area contributed by atoms with Crippen LogP contribution in [0.4, 0.5) is 4.79 Å². The summed E-state index contributed by atoms with van der Waals surface area (Å²) in [5.41, 5.74) is 0.734. The molecule has 0 bridgehead atoms. The molecule has 4 N–H and O–H groups in total. The van der Waals surface area contributed by atoms with E-state index in [1.54, 1.807) is 4.90 Å². The van der Waals surface area contributed by atoms with Crippen LogP contribution >= 0.6 is 0 Å². The van der Waals surface area contributed by atoms with Crippen LogP contribution in [-0.2, 0) is 14.3 Å². The second-order valence-electron chi connectivity index (χ2n) is 13.5. The third-order valence-corrected chi connectivity index (χ3v) is 6.41. The molecule has 1 aliphatic rings. The van der Waals surface area contributed by atoms with Crippen LogP contribution in [0.3, 0.4) is 0 Å². The summed E-state index contributed by atoms with van der Waals surface area (Å²) >= 11 is 0. The maximum atomic E-state index is 13.6. The zero-order chi connectivity index (χ0) is 34.5. The van der Waals surface area contributed by atoms with Crippen LogP contribution < -0.4 is 16.0 Å². The molecule has 0 heterocycles. The van der Waals surface area contributed by atoms with Gasteiger partial charge in [-0.05, 0) is 63.4 Å². The fourth-order valence-corrected chi connectivity index (χ4v) is 4.31. The number of hydrogen-bond donors (Lipinski definition) is 4. The smallest absolute Gasteiger partial charge is 0.410 e. The number of carbonyl (C=O) groups is 3. The number of carbonyl (C=O) groups excluding carboxylic acids is 3. The molecule has 1 atom stereocenters. The molecule has 45 heavy (non-hydrogen) atoms. The number of ether oxygens (including phenoxy) is 1. The van der Waals surface area contributed by atoms with Crippen molar-refractivity contribution in [3.8, 4) is 0 Å². The Kier molecular flexibility index (Phi) is 20.8. The van der Waals surface area contributed by atoms with Gasteiger partial charge in [-0.15, -0.1) is 0 Å². The Labute approximate surface area is 273 Å². The van der Waals surface area contributed by atoms with Crippen molar-refractivity contribution in [1.29, 1.82) is 0 Å². The van der Waals surface area contributed by atoms with Crippen molar-refractivity contribution < 1.29 is 24.2 Å². The maximum absolute atomic E-state index is 13.6. The van der Waals surface area contributed by atoms with Gasteiger partial charge in [-0.25, -0.2) is 4.79 Å². The highest BCUT2D eigenvalue weighted by Gasteiger charge is 2.33. The monoisotopic (exact) mass is 630 g/mol. The zero-order valence-corrected chi connectivity index (χ0v) is 29.7. The number of hydrogen-bond acceptors (Lipinski definition) is 6. The Morgan fingerprint density at radius 1 is 1.04 bits per heavy atom. The topological polar surface area (TPSA) is 120 Å². The molecule has 1 aliphatic carbocycles. The Bertz CT molecular complexity index is 1040. The van der Waals surface area contributed by atoms with E-state index < -0.39 is 17.1 Å². The van der Waals surface area contributed by atoms with Gasteiger partial charge in [0.2, 0.25) is 11.8 Å². The fraction of sp³-hybridized carbons (Fsp3) is 0.639. The van der Waals surface area contributed by atoms with Crippen LogP contribution in [-0.4, -0.2) is 72.8 Å². The van der Waals surface area contributed by atoms with Gasteiger partial charge in [0.1, 0.15) is 11.6 Å². The third-order valence-electron chi connectivity index (χ3n) is 6.41. The summed E-state index contributed by atoms with van der Waals surface area (Å²) in [7, 11) is 1.00. The second kappa shape index (κ2) is 22.4. The van der Waals surface area contributed by atoms with Crippen LogP contribution in [0.5, 0.6) is 0 Å². The maximum Gasteiger partial charge on any atom is 0.410 e. The first-order valence-corrected chi connectivity index (χ1v) is 16.2. The van der Waals surface area contributed by atoms with E-state index in [1.807, 2.05) is 65.8 Å². The third kappa shape index (κ3) is 20.5. The predicted octanol–water partition coefficient (Wildman–Crippen LogP) is 6.19. The quantitative estimate of drug-likeness (QED) is 0.151. The molecule has 9 heteroatoms. The van der Waals surface area contributed by atoms with Gasteiger partial charge < -0.3 is 30.7 Å². The molecule has 0 unspecified atom stereocenters. The molecule has 0 spiro atoms. The van der Waals surface area contributed by atoms with E-state index in [4.69, 9.17) is 9.84 Å². The van der Waals surface area contributed by atoms with Crippen LogP contribution in [0.25, 0.3) is 0 Å². The molecule has 0 radical (unpaired) electrons. The first kappa shape index (κ1) is 41.8. The molecule has 256 valence electrons. The lowest BCUT2D eigenvalue weighted by molar-refractivity contribution is -0.130. The van der Waals surface area contributed by atoms with Crippen LogP contribution in [0.15, 0.2) is 59.9 Å². The summed E-state index contributed by atoms with van der Waals surface area (Å²) in [5, 5.41) is 16.2. The van der Waals surface area contributed by atoms with Gasteiger partial charge in [-0.1, -0.05) is 90.2 Å². The zero-order valence-electron chi connectivity index (χ0n) is 29.7. The molecule has 3 amide bonds. The largest absolute Gasteiger partial charge is 0.444 e. The van der Waals surface area contributed by atoms with E-state index in [1.165, 1.54) is 0 Å². The fourth-order valence-electron chi connectivity index (χ4n) is 4.31. The molecule has 9 nitrogen and oxygen atoms in total. The lowest BCUT2D eigenvalue weighted by Crippen LogP contribution is -2.55. The van der Waals surface area contributed by atoms with Gasteiger partial charge in [0.15, 0.2) is 0 Å². The van der Waals surface area contributed by atoms with Gasteiger partial charge in [0.05, 0.1) is 6.54 Å². The number of allylic oxidation sites excluding steroid dienone is 7. The average Bonchev–Trinajstić information content (AvgIpc) is 2.95. The lowest BCUT2D eigenvalue weighted by atomic mass is 9.86. The van der Waals surface area contributed by atoms with E-state index >= 15 is 0 Å². The summed E-state index contributed by atoms with van der Waals surface area (Å²) < 4.78 is 5.65. The van der Waals surface area contributed by atoms with Gasteiger partial charge in [0.25, 0.3) is 0 Å². The molecule has 0 aliphatic heterocycles. The molecule has 0 saturated carbocycles. The highest BCUT2D eigenvalue weighted by molar-refractivity contribution is 5.89. The van der Waals surface area contributed by atoms with E-state index in [9.17, 15) is 14.4 Å². The van der Waals surface area contributed by atoms with Crippen LogP contribution in [0.1, 0.15) is 94.4 Å². The Balaban J connectivity index is 0.00000947. The molecule has 0 saturated heterocycles. The lowest BCUT2D eigenvalue weighted by Gasteiger charge is -2.31. The molecule has 0 aromatic rings. The van der Waals surface area contributed by atoms with E-state index in [2.05, 4.69) is 61.0 Å². The second-order valence-corrected chi connectivity index (χ2v) is 13.5. The van der Waals surface area contributed by atoms with Crippen molar-refractivity contribution in [2.24, 2.45) is 11.3 Å².